The third-order valence-corrected chi connectivity index (χ3v) is 7.55. The molecular weight excluding hydrogens is 476 g/mol. The van der Waals surface area contributed by atoms with Gasteiger partial charge < -0.3 is 20.1 Å². The predicted octanol–water partition coefficient (Wildman–Crippen LogP) is 2.28. The zero-order valence-electron chi connectivity index (χ0n) is 19.3. The van der Waals surface area contributed by atoms with Crippen molar-refractivity contribution in [2.24, 2.45) is 11.8 Å². The number of hydrogen-bond donors (Lipinski definition) is 2. The average Bonchev–Trinajstić information content (AvgIpc) is 3.10. The third-order valence-electron chi connectivity index (χ3n) is 5.68. The average molecular weight is 503 g/mol. The van der Waals surface area contributed by atoms with Crippen molar-refractivity contribution in [3.8, 4) is 0 Å². The molecule has 0 spiro atoms. The molecule has 0 saturated carbocycles. The number of sulfone groups is 1. The highest BCUT2D eigenvalue weighted by molar-refractivity contribution is 7.91. The fourth-order valence-electron chi connectivity index (χ4n) is 3.96. The normalized spacial score (nSPS) is 18.3. The van der Waals surface area contributed by atoms with E-state index in [-0.39, 0.29) is 36.2 Å². The topological polar surface area (TPSA) is 145 Å². The Labute approximate surface area is 202 Å². The molecule has 2 aromatic carbocycles. The first-order valence-corrected chi connectivity index (χ1v) is 12.6. The summed E-state index contributed by atoms with van der Waals surface area (Å²) in [5.41, 5.74) is 1.57. The standard InChI is InChI=1S/C24H26N2O8S/c1-33-23(29)15-3-7-19(8-4-15)25-21(27)11-17-13-35(31,32)14-18(17)12-22(28)26-20-9-5-16(6-10-20)24(30)34-2/h3-10,17-18H,11-14H2,1-2H3,(H,25,27)(H,26,28). The summed E-state index contributed by atoms with van der Waals surface area (Å²) >= 11 is 0. The van der Waals surface area contributed by atoms with E-state index in [0.29, 0.717) is 22.5 Å². The van der Waals surface area contributed by atoms with E-state index in [1.807, 2.05) is 0 Å². The smallest absolute Gasteiger partial charge is 0.337 e. The fraction of sp³-hybridized carbons (Fsp3) is 0.333. The zero-order valence-corrected chi connectivity index (χ0v) is 20.1. The number of benzene rings is 2. The SMILES string of the molecule is COC(=O)c1ccc(NC(=O)CC2CS(=O)(=O)CC2CC(=O)Nc2ccc(C(=O)OC)cc2)cc1. The molecule has 1 heterocycles. The van der Waals surface area contributed by atoms with E-state index in [1.54, 1.807) is 24.3 Å². The molecule has 2 unspecified atom stereocenters. The Hall–Kier alpha value is -3.73. The van der Waals surface area contributed by atoms with Gasteiger partial charge in [0.25, 0.3) is 0 Å². The van der Waals surface area contributed by atoms with Crippen LogP contribution in [0.5, 0.6) is 0 Å². The Morgan fingerprint density at radius 3 is 1.37 bits per heavy atom. The molecule has 11 heteroatoms. The molecule has 0 aromatic heterocycles. The number of esters is 2. The van der Waals surface area contributed by atoms with Crippen LogP contribution in [0.25, 0.3) is 0 Å². The van der Waals surface area contributed by atoms with Gasteiger partial charge in [-0.3, -0.25) is 9.59 Å². The van der Waals surface area contributed by atoms with Gasteiger partial charge in [0.1, 0.15) is 0 Å². The summed E-state index contributed by atoms with van der Waals surface area (Å²) in [5, 5.41) is 5.38. The first-order chi connectivity index (χ1) is 16.6. The van der Waals surface area contributed by atoms with Crippen molar-refractivity contribution in [3.05, 3.63) is 59.7 Å². The zero-order chi connectivity index (χ0) is 25.6. The number of ether oxygens (including phenoxy) is 2. The molecule has 1 aliphatic rings. The maximum atomic E-state index is 12.6. The number of nitrogens with one attached hydrogen (secondary N) is 2. The number of carbonyl (C=O) groups excluding carboxylic acids is 4. The van der Waals surface area contributed by atoms with Gasteiger partial charge in [0.05, 0.1) is 36.9 Å². The van der Waals surface area contributed by atoms with Crippen LogP contribution in [0, 0.1) is 11.8 Å². The lowest BCUT2D eigenvalue weighted by Crippen LogP contribution is -2.25. The van der Waals surface area contributed by atoms with Crippen LogP contribution < -0.4 is 10.6 Å². The van der Waals surface area contributed by atoms with E-state index in [0.717, 1.165) is 0 Å². The molecule has 2 N–H and O–H groups in total. The molecule has 186 valence electrons. The highest BCUT2D eigenvalue weighted by atomic mass is 32.2. The summed E-state index contributed by atoms with van der Waals surface area (Å²) in [7, 11) is -0.843. The van der Waals surface area contributed by atoms with Gasteiger partial charge >= 0.3 is 11.9 Å². The molecule has 2 amide bonds. The second-order valence-corrected chi connectivity index (χ2v) is 10.4. The minimum atomic E-state index is -3.38. The third kappa shape index (κ3) is 7.12. The minimum absolute atomic E-state index is 0.0657. The molecule has 0 aliphatic carbocycles. The van der Waals surface area contributed by atoms with Gasteiger partial charge in [0, 0.05) is 24.2 Å². The van der Waals surface area contributed by atoms with E-state index in [4.69, 9.17) is 0 Å². The van der Waals surface area contributed by atoms with Gasteiger partial charge in [-0.05, 0) is 60.4 Å². The lowest BCUT2D eigenvalue weighted by molar-refractivity contribution is -0.119. The van der Waals surface area contributed by atoms with Crippen molar-refractivity contribution in [3.63, 3.8) is 0 Å². The van der Waals surface area contributed by atoms with Crippen LogP contribution in [0.2, 0.25) is 0 Å². The van der Waals surface area contributed by atoms with Gasteiger partial charge in [-0.1, -0.05) is 0 Å². The van der Waals surface area contributed by atoms with E-state index < -0.39 is 33.6 Å². The van der Waals surface area contributed by atoms with Crippen molar-refractivity contribution < 1.29 is 37.1 Å². The number of amides is 2. The fourth-order valence-corrected chi connectivity index (χ4v) is 6.18. The Morgan fingerprint density at radius 2 is 1.06 bits per heavy atom. The molecule has 2 atom stereocenters. The van der Waals surface area contributed by atoms with Crippen LogP contribution in [0.3, 0.4) is 0 Å². The molecule has 0 radical (unpaired) electrons. The Balaban J connectivity index is 1.58. The summed E-state index contributed by atoms with van der Waals surface area (Å²) in [4.78, 5) is 48.1. The second kappa shape index (κ2) is 11.1. The lowest BCUT2D eigenvalue weighted by atomic mass is 9.89. The predicted molar refractivity (Wildman–Crippen MR) is 128 cm³/mol. The maximum absolute atomic E-state index is 12.6. The Bertz CT molecular complexity index is 1120. The highest BCUT2D eigenvalue weighted by Crippen LogP contribution is 2.31. The van der Waals surface area contributed by atoms with Crippen molar-refractivity contribution >= 4 is 45.0 Å². The molecule has 35 heavy (non-hydrogen) atoms. The quantitative estimate of drug-likeness (QED) is 0.523. The van der Waals surface area contributed by atoms with E-state index in [2.05, 4.69) is 20.1 Å². The Morgan fingerprint density at radius 1 is 0.714 bits per heavy atom. The summed E-state index contributed by atoms with van der Waals surface area (Å²) in [5.74, 6) is -3.15. The molecule has 2 aromatic rings. The number of carbonyl (C=O) groups is 4. The molecule has 3 rings (SSSR count). The summed E-state index contributed by atoms with van der Waals surface area (Å²) in [6.45, 7) is 0. The second-order valence-electron chi connectivity index (χ2n) is 8.24. The van der Waals surface area contributed by atoms with E-state index in [1.165, 1.54) is 38.5 Å². The number of anilines is 2. The van der Waals surface area contributed by atoms with Crippen molar-refractivity contribution in [1.29, 1.82) is 0 Å². The van der Waals surface area contributed by atoms with Crippen LogP contribution in [-0.4, -0.2) is 57.9 Å². The number of hydrogen-bond acceptors (Lipinski definition) is 8. The lowest BCUT2D eigenvalue weighted by Gasteiger charge is -2.17. The van der Waals surface area contributed by atoms with Crippen LogP contribution in [0.1, 0.15) is 33.6 Å². The molecular formula is C24H26N2O8S. The Kier molecular flexibility index (Phi) is 8.23. The van der Waals surface area contributed by atoms with E-state index >= 15 is 0 Å². The molecule has 1 saturated heterocycles. The highest BCUT2D eigenvalue weighted by Gasteiger charge is 2.39. The van der Waals surface area contributed by atoms with E-state index in [9.17, 15) is 27.6 Å². The van der Waals surface area contributed by atoms with Gasteiger partial charge in [-0.25, -0.2) is 18.0 Å². The minimum Gasteiger partial charge on any atom is -0.465 e. The summed E-state index contributed by atoms with van der Waals surface area (Å²) in [6.07, 6.45) is -0.131. The van der Waals surface area contributed by atoms with Crippen LogP contribution in [-0.2, 0) is 28.9 Å². The van der Waals surface area contributed by atoms with Crippen molar-refractivity contribution in [1.82, 2.24) is 0 Å². The maximum Gasteiger partial charge on any atom is 0.337 e. The number of rotatable bonds is 8. The van der Waals surface area contributed by atoms with Crippen LogP contribution in [0.15, 0.2) is 48.5 Å². The molecule has 1 fully saturated rings. The molecule has 1 aliphatic heterocycles. The van der Waals surface area contributed by atoms with Gasteiger partial charge in [0.15, 0.2) is 9.84 Å². The van der Waals surface area contributed by atoms with Crippen LogP contribution in [0.4, 0.5) is 11.4 Å². The van der Waals surface area contributed by atoms with Gasteiger partial charge in [0.2, 0.25) is 11.8 Å². The van der Waals surface area contributed by atoms with Gasteiger partial charge in [-0.15, -0.1) is 0 Å². The largest absolute Gasteiger partial charge is 0.465 e. The summed E-state index contributed by atoms with van der Waals surface area (Å²) < 4.78 is 33.7. The first-order valence-electron chi connectivity index (χ1n) is 10.8. The summed E-state index contributed by atoms with van der Waals surface area (Å²) in [6, 6.07) is 12.2. The van der Waals surface area contributed by atoms with Crippen LogP contribution >= 0.6 is 0 Å². The monoisotopic (exact) mass is 502 g/mol. The molecule has 10 nitrogen and oxygen atoms in total. The number of methoxy groups -OCH3 is 2. The van der Waals surface area contributed by atoms with Crippen molar-refractivity contribution in [2.45, 2.75) is 12.8 Å². The van der Waals surface area contributed by atoms with Gasteiger partial charge in [-0.2, -0.15) is 0 Å². The molecule has 0 bridgehead atoms. The first kappa shape index (κ1) is 25.9. The van der Waals surface area contributed by atoms with Crippen molar-refractivity contribution in [2.75, 3.05) is 36.4 Å².